The maximum atomic E-state index is 2.46. The summed E-state index contributed by atoms with van der Waals surface area (Å²) in [6, 6.07) is 0. The Morgan fingerprint density at radius 1 is 0.857 bits per heavy atom. The Kier molecular flexibility index (Phi) is 4.86. The van der Waals surface area contributed by atoms with Gasteiger partial charge in [0.1, 0.15) is 8.07 Å². The van der Waals surface area contributed by atoms with Gasteiger partial charge in [0, 0.05) is 0 Å². The molecule has 0 heterocycles. The van der Waals surface area contributed by atoms with Crippen LogP contribution in [0.25, 0.3) is 0 Å². The van der Waals surface area contributed by atoms with Crippen LogP contribution in [-0.4, -0.2) is 8.07 Å². The second-order valence-electron chi connectivity index (χ2n) is 5.01. The van der Waals surface area contributed by atoms with Gasteiger partial charge in [0.25, 0.3) is 0 Å². The van der Waals surface area contributed by atoms with Crippen molar-refractivity contribution in [3.8, 4) is 0 Å². The molecule has 0 rings (SSSR count). The lowest BCUT2D eigenvalue weighted by molar-refractivity contribution is 1.07. The quantitative estimate of drug-likeness (QED) is 0.583. The summed E-state index contributed by atoms with van der Waals surface area (Å²) >= 11 is 0. The molecule has 0 aliphatic heterocycles. The minimum absolute atomic E-state index is 1.19. The molecule has 14 heavy (non-hydrogen) atoms. The second kappa shape index (κ2) is 4.97. The van der Waals surface area contributed by atoms with E-state index in [-0.39, 0.29) is 0 Å². The molecule has 0 aromatic rings. The molecular formula is C13H26Si. The molecule has 0 bridgehead atoms. The van der Waals surface area contributed by atoms with Crippen LogP contribution in [0.3, 0.4) is 0 Å². The first-order valence-corrected chi connectivity index (χ1v) is 8.56. The Balaban J connectivity index is 5.28. The van der Waals surface area contributed by atoms with Crippen LogP contribution in [-0.2, 0) is 0 Å². The molecular weight excluding hydrogens is 184 g/mol. The molecule has 0 nitrogen and oxygen atoms in total. The van der Waals surface area contributed by atoms with E-state index in [0.717, 1.165) is 0 Å². The minimum Gasteiger partial charge on any atom is -0.0810 e. The Morgan fingerprint density at radius 2 is 1.29 bits per heavy atom. The fraction of sp³-hybridized carbons (Fsp3) is 0.692. The van der Waals surface area contributed by atoms with Gasteiger partial charge in [-0.2, -0.15) is 0 Å². The Hall–Kier alpha value is -0.303. The van der Waals surface area contributed by atoms with Crippen molar-refractivity contribution in [1.29, 1.82) is 0 Å². The van der Waals surface area contributed by atoms with E-state index in [4.69, 9.17) is 0 Å². The molecule has 0 N–H and O–H groups in total. The van der Waals surface area contributed by atoms with Crippen molar-refractivity contribution in [3.05, 3.63) is 21.5 Å². The molecule has 0 fully saturated rings. The fourth-order valence-corrected chi connectivity index (χ4v) is 4.76. The third-order valence-corrected chi connectivity index (χ3v) is 8.47. The SMILES string of the molecule is CC/C(C)=C(\C)[Si](C)(C)C(C)=C(C)C. The number of hydrogen-bond acceptors (Lipinski definition) is 0. The highest BCUT2D eigenvalue weighted by molar-refractivity contribution is 6.90. The van der Waals surface area contributed by atoms with Gasteiger partial charge in [0.15, 0.2) is 0 Å². The van der Waals surface area contributed by atoms with E-state index >= 15 is 0 Å². The molecule has 0 aliphatic carbocycles. The second-order valence-corrected chi connectivity index (χ2v) is 9.76. The van der Waals surface area contributed by atoms with Gasteiger partial charge in [0.2, 0.25) is 0 Å². The van der Waals surface area contributed by atoms with Crippen LogP contribution in [0, 0.1) is 0 Å². The highest BCUT2D eigenvalue weighted by atomic mass is 28.3. The lowest BCUT2D eigenvalue weighted by atomic mass is 10.2. The zero-order valence-electron chi connectivity index (χ0n) is 11.2. The highest BCUT2D eigenvalue weighted by Crippen LogP contribution is 2.28. The third kappa shape index (κ3) is 2.84. The van der Waals surface area contributed by atoms with E-state index in [0.29, 0.717) is 0 Å². The molecule has 0 unspecified atom stereocenters. The molecule has 0 amide bonds. The predicted octanol–water partition coefficient (Wildman–Crippen LogP) is 4.88. The zero-order chi connectivity index (χ0) is 11.5. The molecule has 0 aromatic heterocycles. The summed E-state index contributed by atoms with van der Waals surface area (Å²) in [5, 5.41) is 3.31. The smallest absolute Gasteiger partial charge is 0.0810 e. The average molecular weight is 210 g/mol. The van der Waals surface area contributed by atoms with Crippen LogP contribution >= 0.6 is 0 Å². The number of rotatable bonds is 3. The van der Waals surface area contributed by atoms with Gasteiger partial charge in [-0.1, -0.05) is 41.6 Å². The topological polar surface area (TPSA) is 0 Å². The van der Waals surface area contributed by atoms with E-state index in [1.165, 1.54) is 12.0 Å². The Labute approximate surface area is 91.1 Å². The largest absolute Gasteiger partial charge is 0.102 e. The van der Waals surface area contributed by atoms with Gasteiger partial charge >= 0.3 is 0 Å². The van der Waals surface area contributed by atoms with Crippen LogP contribution in [0.4, 0.5) is 0 Å². The van der Waals surface area contributed by atoms with Gasteiger partial charge < -0.3 is 0 Å². The first-order valence-electron chi connectivity index (χ1n) is 5.56. The predicted molar refractivity (Wildman–Crippen MR) is 70.2 cm³/mol. The van der Waals surface area contributed by atoms with Crippen molar-refractivity contribution in [2.45, 2.75) is 61.1 Å². The minimum atomic E-state index is -1.30. The molecule has 0 aromatic carbocycles. The normalized spacial score (nSPS) is 13.7. The highest BCUT2D eigenvalue weighted by Gasteiger charge is 2.26. The maximum Gasteiger partial charge on any atom is 0.102 e. The van der Waals surface area contributed by atoms with Crippen molar-refractivity contribution in [2.75, 3.05) is 0 Å². The van der Waals surface area contributed by atoms with Crippen molar-refractivity contribution in [1.82, 2.24) is 0 Å². The summed E-state index contributed by atoms with van der Waals surface area (Å²) < 4.78 is 0. The lowest BCUT2D eigenvalue weighted by Crippen LogP contribution is -2.31. The first-order chi connectivity index (χ1) is 6.25. The van der Waals surface area contributed by atoms with E-state index in [2.05, 4.69) is 54.6 Å². The van der Waals surface area contributed by atoms with Crippen LogP contribution in [0.5, 0.6) is 0 Å². The summed E-state index contributed by atoms with van der Waals surface area (Å²) in [5.74, 6) is 0. The van der Waals surface area contributed by atoms with Crippen LogP contribution in [0.1, 0.15) is 48.0 Å². The van der Waals surface area contributed by atoms with E-state index in [9.17, 15) is 0 Å². The number of allylic oxidation sites excluding steroid dienone is 4. The average Bonchev–Trinajstić information content (AvgIpc) is 2.13. The summed E-state index contributed by atoms with van der Waals surface area (Å²) in [6.45, 7) is 18.6. The van der Waals surface area contributed by atoms with E-state index < -0.39 is 8.07 Å². The van der Waals surface area contributed by atoms with Crippen LogP contribution < -0.4 is 0 Å². The molecule has 0 spiro atoms. The van der Waals surface area contributed by atoms with Crippen LogP contribution in [0.15, 0.2) is 21.5 Å². The van der Waals surface area contributed by atoms with E-state index in [1.54, 1.807) is 16.0 Å². The molecule has 1 heteroatoms. The maximum absolute atomic E-state index is 2.46. The standard InChI is InChI=1S/C13H26Si/c1-9-11(4)13(6)14(7,8)12(5)10(2)3/h9H2,1-8H3/b13-11+. The van der Waals surface area contributed by atoms with Gasteiger partial charge in [-0.15, -0.1) is 0 Å². The summed E-state index contributed by atoms with van der Waals surface area (Å²) in [6.07, 6.45) is 1.19. The van der Waals surface area contributed by atoms with Crippen LogP contribution in [0.2, 0.25) is 13.1 Å². The van der Waals surface area contributed by atoms with Gasteiger partial charge in [-0.3, -0.25) is 0 Å². The summed E-state index contributed by atoms with van der Waals surface area (Å²) in [4.78, 5) is 0. The molecule has 0 radical (unpaired) electrons. The van der Waals surface area contributed by atoms with Crippen molar-refractivity contribution >= 4 is 8.07 Å². The van der Waals surface area contributed by atoms with Crippen molar-refractivity contribution in [2.24, 2.45) is 0 Å². The summed E-state index contributed by atoms with van der Waals surface area (Å²) in [7, 11) is -1.30. The Bertz CT molecular complexity index is 263. The third-order valence-electron chi connectivity index (χ3n) is 3.80. The Morgan fingerprint density at radius 3 is 1.57 bits per heavy atom. The zero-order valence-corrected chi connectivity index (χ0v) is 12.2. The van der Waals surface area contributed by atoms with E-state index in [1.807, 2.05) is 0 Å². The van der Waals surface area contributed by atoms with Crippen molar-refractivity contribution in [3.63, 3.8) is 0 Å². The molecule has 0 saturated heterocycles. The molecule has 0 aliphatic rings. The fourth-order valence-electron chi connectivity index (χ4n) is 1.70. The molecule has 0 atom stereocenters. The number of hydrogen-bond donors (Lipinski definition) is 0. The molecule has 0 saturated carbocycles. The summed E-state index contributed by atoms with van der Waals surface area (Å²) in [5.41, 5.74) is 3.09. The monoisotopic (exact) mass is 210 g/mol. The molecule has 82 valence electrons. The van der Waals surface area contributed by atoms with Gasteiger partial charge in [-0.25, -0.2) is 0 Å². The van der Waals surface area contributed by atoms with Crippen molar-refractivity contribution < 1.29 is 0 Å². The first kappa shape index (κ1) is 13.7. The van der Waals surface area contributed by atoms with Gasteiger partial charge in [-0.05, 0) is 41.0 Å². The lowest BCUT2D eigenvalue weighted by Gasteiger charge is -2.28. The van der Waals surface area contributed by atoms with Gasteiger partial charge in [0.05, 0.1) is 0 Å².